The number of rotatable bonds is 4. The predicted octanol–water partition coefficient (Wildman–Crippen LogP) is 3.90. The van der Waals surface area contributed by atoms with Crippen molar-refractivity contribution in [2.75, 3.05) is 12.4 Å². The summed E-state index contributed by atoms with van der Waals surface area (Å²) in [5.41, 5.74) is 2.68. The van der Waals surface area contributed by atoms with Crippen molar-refractivity contribution < 1.29 is 4.74 Å². The largest absolute Gasteiger partial charge is 0.481 e. The number of pyridine rings is 2. The van der Waals surface area contributed by atoms with Crippen molar-refractivity contribution >= 4 is 28.2 Å². The van der Waals surface area contributed by atoms with Gasteiger partial charge in [-0.25, -0.2) is 4.98 Å². The first-order valence-electron chi connectivity index (χ1n) is 6.55. The Balaban J connectivity index is 1.87. The molecule has 1 N–H and O–H groups in total. The molecule has 0 amide bonds. The van der Waals surface area contributed by atoms with Crippen LogP contribution in [0.3, 0.4) is 0 Å². The van der Waals surface area contributed by atoms with E-state index < -0.39 is 0 Å². The molecule has 0 atom stereocenters. The van der Waals surface area contributed by atoms with Crippen molar-refractivity contribution in [1.82, 2.24) is 9.97 Å². The first-order chi connectivity index (χ1) is 10.3. The number of aromatic nitrogens is 2. The van der Waals surface area contributed by atoms with Gasteiger partial charge in [-0.15, -0.1) is 0 Å². The average molecular weight is 300 g/mol. The highest BCUT2D eigenvalue weighted by Crippen LogP contribution is 2.28. The Hall–Kier alpha value is -2.33. The fourth-order valence-corrected chi connectivity index (χ4v) is 2.35. The van der Waals surface area contributed by atoms with Crippen molar-refractivity contribution in [2.45, 2.75) is 6.54 Å². The normalized spacial score (nSPS) is 10.6. The number of ether oxygens (including phenoxy) is 1. The number of hydrogen-bond acceptors (Lipinski definition) is 4. The SMILES string of the molecule is COc1cccc(CNc2ccc(Cl)c3cccnc23)n1. The van der Waals surface area contributed by atoms with Gasteiger partial charge in [-0.1, -0.05) is 17.7 Å². The molecule has 0 saturated carbocycles. The van der Waals surface area contributed by atoms with Crippen LogP contribution in [0.15, 0.2) is 48.7 Å². The maximum Gasteiger partial charge on any atom is 0.213 e. The van der Waals surface area contributed by atoms with E-state index in [1.165, 1.54) is 0 Å². The van der Waals surface area contributed by atoms with E-state index >= 15 is 0 Å². The molecule has 0 bridgehead atoms. The Morgan fingerprint density at radius 2 is 2.05 bits per heavy atom. The molecule has 4 nitrogen and oxygen atoms in total. The summed E-state index contributed by atoms with van der Waals surface area (Å²) in [5.74, 6) is 0.605. The summed E-state index contributed by atoms with van der Waals surface area (Å²) in [4.78, 5) is 8.77. The van der Waals surface area contributed by atoms with E-state index in [1.807, 2.05) is 42.5 Å². The van der Waals surface area contributed by atoms with Crippen molar-refractivity contribution in [3.8, 4) is 5.88 Å². The lowest BCUT2D eigenvalue weighted by atomic mass is 10.2. The summed E-state index contributed by atoms with van der Waals surface area (Å²) in [7, 11) is 1.61. The first kappa shape index (κ1) is 13.6. The van der Waals surface area contributed by atoms with E-state index in [-0.39, 0.29) is 0 Å². The van der Waals surface area contributed by atoms with Gasteiger partial charge in [-0.05, 0) is 30.3 Å². The molecule has 0 saturated heterocycles. The number of halogens is 1. The second-order valence-corrected chi connectivity index (χ2v) is 4.93. The molecule has 106 valence electrons. The van der Waals surface area contributed by atoms with Crippen LogP contribution in [0.25, 0.3) is 10.9 Å². The number of anilines is 1. The second-order valence-electron chi connectivity index (χ2n) is 4.52. The van der Waals surface area contributed by atoms with E-state index in [1.54, 1.807) is 13.3 Å². The summed E-state index contributed by atoms with van der Waals surface area (Å²) in [5, 5.41) is 4.97. The third kappa shape index (κ3) is 2.90. The monoisotopic (exact) mass is 299 g/mol. The van der Waals surface area contributed by atoms with Crippen LogP contribution >= 0.6 is 11.6 Å². The van der Waals surface area contributed by atoms with Crippen LogP contribution in [0.1, 0.15) is 5.69 Å². The van der Waals surface area contributed by atoms with Gasteiger partial charge in [0, 0.05) is 17.6 Å². The fourth-order valence-electron chi connectivity index (χ4n) is 2.14. The number of benzene rings is 1. The van der Waals surface area contributed by atoms with E-state index in [2.05, 4.69) is 15.3 Å². The molecule has 1 aromatic carbocycles. The standard InChI is InChI=1S/C16H14ClN3O/c1-21-15-6-2-4-11(20-15)10-19-14-8-7-13(17)12-5-3-9-18-16(12)14/h2-9,19H,10H2,1H3. The Kier molecular flexibility index (Phi) is 3.88. The number of hydrogen-bond donors (Lipinski definition) is 1. The van der Waals surface area contributed by atoms with Gasteiger partial charge in [0.15, 0.2) is 0 Å². The van der Waals surface area contributed by atoms with Gasteiger partial charge in [0.1, 0.15) is 0 Å². The minimum atomic E-state index is 0.588. The summed E-state index contributed by atoms with van der Waals surface area (Å²) in [6.07, 6.45) is 1.76. The maximum absolute atomic E-state index is 6.19. The van der Waals surface area contributed by atoms with E-state index in [9.17, 15) is 0 Å². The molecule has 0 fully saturated rings. The van der Waals surface area contributed by atoms with E-state index in [0.29, 0.717) is 17.4 Å². The highest BCUT2D eigenvalue weighted by molar-refractivity contribution is 6.35. The molecular weight excluding hydrogens is 286 g/mol. The smallest absolute Gasteiger partial charge is 0.213 e. The summed E-state index contributed by atoms with van der Waals surface area (Å²) in [6.45, 7) is 0.588. The van der Waals surface area contributed by atoms with Crippen LogP contribution in [0.2, 0.25) is 5.02 Å². The summed E-state index contributed by atoms with van der Waals surface area (Å²) in [6, 6.07) is 13.3. The van der Waals surface area contributed by atoms with Crippen LogP contribution in [0.5, 0.6) is 5.88 Å². The molecule has 2 aromatic heterocycles. The summed E-state index contributed by atoms with van der Waals surface area (Å²) >= 11 is 6.19. The molecule has 0 aliphatic rings. The van der Waals surface area contributed by atoms with Crippen molar-refractivity contribution in [3.05, 3.63) is 59.4 Å². The second kappa shape index (κ2) is 5.97. The maximum atomic E-state index is 6.19. The molecule has 0 radical (unpaired) electrons. The predicted molar refractivity (Wildman–Crippen MR) is 84.9 cm³/mol. The number of nitrogens with zero attached hydrogens (tertiary/aromatic N) is 2. The van der Waals surface area contributed by atoms with Crippen molar-refractivity contribution in [2.24, 2.45) is 0 Å². The third-order valence-corrected chi connectivity index (χ3v) is 3.50. The lowest BCUT2D eigenvalue weighted by Crippen LogP contribution is -2.03. The lowest BCUT2D eigenvalue weighted by molar-refractivity contribution is 0.396. The molecule has 21 heavy (non-hydrogen) atoms. The van der Waals surface area contributed by atoms with Gasteiger partial charge in [0.2, 0.25) is 5.88 Å². The van der Waals surface area contributed by atoms with Gasteiger partial charge in [-0.2, -0.15) is 0 Å². The van der Waals surface area contributed by atoms with Crippen molar-refractivity contribution in [3.63, 3.8) is 0 Å². The Labute approximate surface area is 127 Å². The number of nitrogens with one attached hydrogen (secondary N) is 1. The number of methoxy groups -OCH3 is 1. The average Bonchev–Trinajstić information content (AvgIpc) is 2.55. The zero-order valence-corrected chi connectivity index (χ0v) is 12.3. The molecule has 2 heterocycles. The van der Waals surface area contributed by atoms with Crippen LogP contribution < -0.4 is 10.1 Å². The molecule has 0 spiro atoms. The Morgan fingerprint density at radius 1 is 1.14 bits per heavy atom. The van der Waals surface area contributed by atoms with Crippen LogP contribution in [0, 0.1) is 0 Å². The molecule has 5 heteroatoms. The highest BCUT2D eigenvalue weighted by Gasteiger charge is 2.06. The zero-order valence-electron chi connectivity index (χ0n) is 11.5. The summed E-state index contributed by atoms with van der Waals surface area (Å²) < 4.78 is 5.12. The van der Waals surface area contributed by atoms with Gasteiger partial charge in [0.25, 0.3) is 0 Å². The van der Waals surface area contributed by atoms with Crippen molar-refractivity contribution in [1.29, 1.82) is 0 Å². The van der Waals surface area contributed by atoms with Gasteiger partial charge >= 0.3 is 0 Å². The zero-order chi connectivity index (χ0) is 14.7. The number of fused-ring (bicyclic) bond motifs is 1. The molecular formula is C16H14ClN3O. The molecule has 0 aliphatic heterocycles. The van der Waals surface area contributed by atoms with Gasteiger partial charge in [0.05, 0.1) is 35.6 Å². The van der Waals surface area contributed by atoms with Crippen LogP contribution in [-0.4, -0.2) is 17.1 Å². The van der Waals surface area contributed by atoms with E-state index in [0.717, 1.165) is 22.3 Å². The first-order valence-corrected chi connectivity index (χ1v) is 6.93. The molecule has 3 aromatic rings. The highest BCUT2D eigenvalue weighted by atomic mass is 35.5. The van der Waals surface area contributed by atoms with Gasteiger partial charge < -0.3 is 10.1 Å². The van der Waals surface area contributed by atoms with Crippen LogP contribution in [0.4, 0.5) is 5.69 Å². The quantitative estimate of drug-likeness (QED) is 0.793. The minimum Gasteiger partial charge on any atom is -0.481 e. The van der Waals surface area contributed by atoms with E-state index in [4.69, 9.17) is 16.3 Å². The van der Waals surface area contributed by atoms with Crippen LogP contribution in [-0.2, 0) is 6.54 Å². The third-order valence-electron chi connectivity index (χ3n) is 3.17. The Bertz CT molecular complexity index is 776. The fraction of sp³-hybridized carbons (Fsp3) is 0.125. The Morgan fingerprint density at radius 3 is 2.90 bits per heavy atom. The topological polar surface area (TPSA) is 47.0 Å². The minimum absolute atomic E-state index is 0.588. The van der Waals surface area contributed by atoms with Gasteiger partial charge in [-0.3, -0.25) is 4.98 Å². The lowest BCUT2D eigenvalue weighted by Gasteiger charge is -2.10. The molecule has 0 aliphatic carbocycles. The molecule has 0 unspecified atom stereocenters. The molecule has 3 rings (SSSR count).